The lowest BCUT2D eigenvalue weighted by Gasteiger charge is -2.05. The normalized spacial score (nSPS) is 17.5. The highest BCUT2D eigenvalue weighted by atomic mass is 19.3. The molecule has 0 bridgehead atoms. The molecule has 1 aromatic carbocycles. The lowest BCUT2D eigenvalue weighted by atomic mass is 10.1. The van der Waals surface area contributed by atoms with Crippen LogP contribution in [0.25, 0.3) is 0 Å². The molecule has 0 radical (unpaired) electrons. The van der Waals surface area contributed by atoms with E-state index in [2.05, 4.69) is 9.47 Å². The number of ether oxygens (including phenoxy) is 2. The van der Waals surface area contributed by atoms with Crippen molar-refractivity contribution in [1.82, 2.24) is 0 Å². The molecular formula is C9H8F2O2. The highest BCUT2D eigenvalue weighted by Gasteiger charge is 2.44. The fraction of sp³-hybridized carbons (Fsp3) is 0.333. The van der Waals surface area contributed by atoms with Gasteiger partial charge in [0.25, 0.3) is 0 Å². The van der Waals surface area contributed by atoms with Gasteiger partial charge in [-0.3, -0.25) is 0 Å². The van der Waals surface area contributed by atoms with Crippen LogP contribution in [0.3, 0.4) is 0 Å². The first kappa shape index (κ1) is 8.29. The van der Waals surface area contributed by atoms with Gasteiger partial charge in [-0.25, -0.2) is 0 Å². The first-order valence-corrected chi connectivity index (χ1v) is 3.86. The fourth-order valence-corrected chi connectivity index (χ4v) is 1.24. The molecule has 0 saturated carbocycles. The number of alkyl halides is 2. The molecule has 0 N–H and O–H groups in total. The van der Waals surface area contributed by atoms with Gasteiger partial charge in [-0.2, -0.15) is 0 Å². The smallest absolute Gasteiger partial charge is 0.395 e. The molecule has 4 heteroatoms. The zero-order valence-corrected chi connectivity index (χ0v) is 7.23. The van der Waals surface area contributed by atoms with Gasteiger partial charge in [0, 0.05) is 0 Å². The van der Waals surface area contributed by atoms with E-state index in [0.717, 1.165) is 5.56 Å². The molecular weight excluding hydrogens is 178 g/mol. The molecule has 0 aromatic heterocycles. The molecule has 2 nitrogen and oxygen atoms in total. The lowest BCUT2D eigenvalue weighted by Crippen LogP contribution is -2.26. The Hall–Kier alpha value is -1.32. The predicted octanol–water partition coefficient (Wildman–Crippen LogP) is 2.62. The average Bonchev–Trinajstić information content (AvgIpc) is 2.34. The fourth-order valence-electron chi connectivity index (χ4n) is 1.24. The van der Waals surface area contributed by atoms with Crippen molar-refractivity contribution in [3.8, 4) is 11.5 Å². The van der Waals surface area contributed by atoms with Gasteiger partial charge in [-0.05, 0) is 31.0 Å². The molecule has 0 unspecified atom stereocenters. The Labute approximate surface area is 74.1 Å². The van der Waals surface area contributed by atoms with E-state index in [1.807, 2.05) is 6.92 Å². The van der Waals surface area contributed by atoms with Crippen LogP contribution in [-0.2, 0) is 0 Å². The van der Waals surface area contributed by atoms with Crippen LogP contribution in [0.5, 0.6) is 11.5 Å². The molecule has 2 rings (SSSR count). The van der Waals surface area contributed by atoms with E-state index < -0.39 is 6.29 Å². The van der Waals surface area contributed by atoms with E-state index in [4.69, 9.17) is 0 Å². The molecule has 0 spiro atoms. The number of hydrogen-bond acceptors (Lipinski definition) is 2. The molecule has 0 saturated heterocycles. The minimum Gasteiger partial charge on any atom is -0.395 e. The van der Waals surface area contributed by atoms with Crippen molar-refractivity contribution in [2.75, 3.05) is 0 Å². The summed E-state index contributed by atoms with van der Waals surface area (Å²) in [7, 11) is 0. The van der Waals surface area contributed by atoms with E-state index >= 15 is 0 Å². The van der Waals surface area contributed by atoms with Gasteiger partial charge >= 0.3 is 6.29 Å². The average molecular weight is 186 g/mol. The molecule has 70 valence electrons. The van der Waals surface area contributed by atoms with E-state index in [9.17, 15) is 8.78 Å². The number of benzene rings is 1. The largest absolute Gasteiger partial charge is 0.586 e. The van der Waals surface area contributed by atoms with Crippen molar-refractivity contribution in [1.29, 1.82) is 0 Å². The van der Waals surface area contributed by atoms with Gasteiger partial charge in [0.15, 0.2) is 11.5 Å². The monoisotopic (exact) mass is 186 g/mol. The predicted molar refractivity (Wildman–Crippen MR) is 42.1 cm³/mol. The highest BCUT2D eigenvalue weighted by molar-refractivity contribution is 5.51. The Morgan fingerprint density at radius 2 is 1.85 bits per heavy atom. The molecule has 0 amide bonds. The van der Waals surface area contributed by atoms with Crippen molar-refractivity contribution in [3.63, 3.8) is 0 Å². The standard InChI is InChI=1S/C9H8F2O2/c1-5-3-4-7-8(6(5)2)13-9(10,11)12-7/h3-4H,1-2H3. The van der Waals surface area contributed by atoms with E-state index in [0.29, 0.717) is 5.56 Å². The van der Waals surface area contributed by atoms with E-state index in [-0.39, 0.29) is 11.5 Å². The maximum atomic E-state index is 12.6. The Balaban J connectivity index is 2.53. The van der Waals surface area contributed by atoms with Crippen LogP contribution in [0.2, 0.25) is 0 Å². The summed E-state index contributed by atoms with van der Waals surface area (Å²) in [6.45, 7) is 3.55. The number of fused-ring (bicyclic) bond motifs is 1. The summed E-state index contributed by atoms with van der Waals surface area (Å²) in [5.41, 5.74) is 1.59. The molecule has 1 aliphatic heterocycles. The van der Waals surface area contributed by atoms with Crippen LogP contribution in [0.15, 0.2) is 12.1 Å². The minimum absolute atomic E-state index is 0.105. The summed E-state index contributed by atoms with van der Waals surface area (Å²) in [5.74, 6) is 0.248. The Morgan fingerprint density at radius 1 is 1.15 bits per heavy atom. The summed E-state index contributed by atoms with van der Waals surface area (Å²) in [4.78, 5) is 0. The van der Waals surface area contributed by atoms with Gasteiger partial charge in [0.1, 0.15) is 0 Å². The summed E-state index contributed by atoms with van der Waals surface area (Å²) >= 11 is 0. The molecule has 13 heavy (non-hydrogen) atoms. The first-order valence-electron chi connectivity index (χ1n) is 3.86. The van der Waals surface area contributed by atoms with Crippen LogP contribution in [0.4, 0.5) is 8.78 Å². The zero-order chi connectivity index (χ0) is 9.64. The third kappa shape index (κ3) is 1.22. The zero-order valence-electron chi connectivity index (χ0n) is 7.23. The van der Waals surface area contributed by atoms with Crippen molar-refractivity contribution >= 4 is 0 Å². The third-order valence-electron chi connectivity index (χ3n) is 2.09. The molecule has 1 aliphatic rings. The number of halogens is 2. The molecule has 0 atom stereocenters. The molecule has 1 aromatic rings. The number of rotatable bonds is 0. The van der Waals surface area contributed by atoms with E-state index in [1.165, 1.54) is 6.07 Å². The van der Waals surface area contributed by atoms with Crippen LogP contribution in [0, 0.1) is 13.8 Å². The summed E-state index contributed by atoms with van der Waals surface area (Å²) in [6.07, 6.45) is -3.51. The maximum absolute atomic E-state index is 12.6. The Morgan fingerprint density at radius 3 is 2.54 bits per heavy atom. The van der Waals surface area contributed by atoms with Gasteiger partial charge < -0.3 is 9.47 Å². The quantitative estimate of drug-likeness (QED) is 0.620. The van der Waals surface area contributed by atoms with Crippen molar-refractivity contribution in [2.24, 2.45) is 0 Å². The SMILES string of the molecule is Cc1ccc2c(c1C)OC(F)(F)O2. The summed E-state index contributed by atoms with van der Waals surface area (Å²) in [6, 6.07) is 3.21. The second-order valence-electron chi connectivity index (χ2n) is 3.00. The third-order valence-corrected chi connectivity index (χ3v) is 2.09. The van der Waals surface area contributed by atoms with Gasteiger partial charge in [0.2, 0.25) is 0 Å². The first-order chi connectivity index (χ1) is 5.99. The topological polar surface area (TPSA) is 18.5 Å². The van der Waals surface area contributed by atoms with Crippen LogP contribution >= 0.6 is 0 Å². The summed E-state index contributed by atoms with van der Waals surface area (Å²) in [5, 5.41) is 0. The van der Waals surface area contributed by atoms with Crippen molar-refractivity contribution in [3.05, 3.63) is 23.3 Å². The molecule has 0 fully saturated rings. The van der Waals surface area contributed by atoms with Gasteiger partial charge in [-0.1, -0.05) is 6.07 Å². The van der Waals surface area contributed by atoms with Crippen LogP contribution < -0.4 is 9.47 Å². The van der Waals surface area contributed by atoms with Gasteiger partial charge in [-0.15, -0.1) is 8.78 Å². The van der Waals surface area contributed by atoms with E-state index in [1.54, 1.807) is 13.0 Å². The summed E-state index contributed by atoms with van der Waals surface area (Å²) < 4.78 is 33.8. The van der Waals surface area contributed by atoms with Gasteiger partial charge in [0.05, 0.1) is 0 Å². The number of aryl methyl sites for hydroxylation is 1. The van der Waals surface area contributed by atoms with Crippen molar-refractivity contribution < 1.29 is 18.3 Å². The minimum atomic E-state index is -3.51. The molecule has 0 aliphatic carbocycles. The van der Waals surface area contributed by atoms with Crippen LogP contribution in [-0.4, -0.2) is 6.29 Å². The Bertz CT molecular complexity index is 361. The lowest BCUT2D eigenvalue weighted by molar-refractivity contribution is -0.286. The number of hydrogen-bond donors (Lipinski definition) is 0. The van der Waals surface area contributed by atoms with Crippen molar-refractivity contribution in [2.45, 2.75) is 20.1 Å². The highest BCUT2D eigenvalue weighted by Crippen LogP contribution is 2.43. The second-order valence-corrected chi connectivity index (χ2v) is 3.00. The second kappa shape index (κ2) is 2.34. The molecule has 1 heterocycles. The van der Waals surface area contributed by atoms with Crippen LogP contribution in [0.1, 0.15) is 11.1 Å². The maximum Gasteiger partial charge on any atom is 0.586 e. The Kier molecular flexibility index (Phi) is 1.49.